The van der Waals surface area contributed by atoms with Crippen molar-refractivity contribution >= 4 is 28.4 Å². The van der Waals surface area contributed by atoms with Crippen LogP contribution in [0.5, 0.6) is 0 Å². The molecule has 0 saturated heterocycles. The molecule has 0 heterocycles. The largest absolute Gasteiger partial charge is 0.394 e. The molecule has 0 saturated carbocycles. The van der Waals surface area contributed by atoms with E-state index in [1.54, 1.807) is 0 Å². The third kappa shape index (κ3) is 284. The minimum atomic E-state index is -4.67. The van der Waals surface area contributed by atoms with Crippen molar-refractivity contribution in [3.8, 4) is 0 Å². The summed E-state index contributed by atoms with van der Waals surface area (Å²) in [4.78, 5) is 0. The van der Waals surface area contributed by atoms with Gasteiger partial charge in [-0.2, -0.15) is 8.42 Å². The standard InChI is InChI=1S/As.H2O4S/c;1-5(2,3)4/h;(H2,1,2,3,4). The molecule has 0 rings (SSSR count). The van der Waals surface area contributed by atoms with Crippen LogP contribution < -0.4 is 0 Å². The summed E-state index contributed by atoms with van der Waals surface area (Å²) in [5.41, 5.74) is 0. The summed E-state index contributed by atoms with van der Waals surface area (Å²) in [5, 5.41) is 0. The maximum atomic E-state index is 8.74. The minimum Gasteiger partial charge on any atom is -0.264 e. The molecule has 0 aromatic rings. The van der Waals surface area contributed by atoms with Crippen molar-refractivity contribution < 1.29 is 17.5 Å². The molecular formula is H2AsO4S. The van der Waals surface area contributed by atoms with Gasteiger partial charge in [-0.3, -0.25) is 9.11 Å². The van der Waals surface area contributed by atoms with Crippen LogP contribution in [-0.4, -0.2) is 35.5 Å². The zero-order valence-corrected chi connectivity index (χ0v) is 5.26. The average molecular weight is 173 g/mol. The second-order valence-electron chi connectivity index (χ2n) is 0.448. The molecule has 0 aromatic carbocycles. The molecule has 0 unspecified atom stereocenters. The SMILES string of the molecule is O=S(=O)(O)O.[As]. The van der Waals surface area contributed by atoms with Gasteiger partial charge in [0.2, 0.25) is 0 Å². The zero-order chi connectivity index (χ0) is 4.50. The van der Waals surface area contributed by atoms with Gasteiger partial charge in [-0.05, 0) is 0 Å². The Morgan fingerprint density at radius 2 is 1.17 bits per heavy atom. The first kappa shape index (κ1) is 9.66. The first-order valence-corrected chi connectivity index (χ1v) is 2.10. The maximum Gasteiger partial charge on any atom is 0.394 e. The molecule has 0 bridgehead atoms. The van der Waals surface area contributed by atoms with Crippen molar-refractivity contribution in [2.45, 2.75) is 0 Å². The average Bonchev–Trinajstić information content (AvgIpc) is 0.722. The molecule has 37 valence electrons. The van der Waals surface area contributed by atoms with Crippen LogP contribution >= 0.6 is 0 Å². The smallest absolute Gasteiger partial charge is 0.264 e. The second kappa shape index (κ2) is 2.58. The van der Waals surface area contributed by atoms with Gasteiger partial charge in [0, 0.05) is 18.0 Å². The van der Waals surface area contributed by atoms with Gasteiger partial charge in [-0.1, -0.05) is 0 Å². The second-order valence-corrected chi connectivity index (χ2v) is 1.34. The molecule has 0 amide bonds. The normalized spacial score (nSPS) is 9.67. The predicted molar refractivity (Wildman–Crippen MR) is 19.9 cm³/mol. The Bertz CT molecular complexity index is 90.7. The quantitative estimate of drug-likeness (QED) is 0.362. The van der Waals surface area contributed by atoms with Crippen LogP contribution in [0.2, 0.25) is 0 Å². The van der Waals surface area contributed by atoms with E-state index in [1.165, 1.54) is 0 Å². The predicted octanol–water partition coefficient (Wildman–Crippen LogP) is -1.03. The Hall–Kier alpha value is 0.428. The Morgan fingerprint density at radius 3 is 1.17 bits per heavy atom. The van der Waals surface area contributed by atoms with Gasteiger partial charge in [0.15, 0.2) is 0 Å². The molecule has 0 aromatic heterocycles. The molecule has 2 N–H and O–H groups in total. The summed E-state index contributed by atoms with van der Waals surface area (Å²) in [6.45, 7) is 0. The minimum absolute atomic E-state index is 0. The van der Waals surface area contributed by atoms with Crippen molar-refractivity contribution in [3.63, 3.8) is 0 Å². The van der Waals surface area contributed by atoms with E-state index in [-0.39, 0.29) is 18.0 Å². The molecule has 0 spiro atoms. The van der Waals surface area contributed by atoms with Crippen LogP contribution in [-0.2, 0) is 10.4 Å². The van der Waals surface area contributed by atoms with E-state index in [4.69, 9.17) is 17.5 Å². The fourth-order valence-electron chi connectivity index (χ4n) is 0. The molecule has 0 aliphatic carbocycles. The zero-order valence-electron chi connectivity index (χ0n) is 2.57. The molecule has 3 radical (unpaired) electrons. The fraction of sp³-hybridized carbons (Fsp3) is 0. The van der Waals surface area contributed by atoms with Crippen molar-refractivity contribution in [3.05, 3.63) is 0 Å². The molecule has 0 atom stereocenters. The van der Waals surface area contributed by atoms with E-state index in [0.29, 0.717) is 0 Å². The van der Waals surface area contributed by atoms with Gasteiger partial charge in [0.1, 0.15) is 0 Å². The summed E-state index contributed by atoms with van der Waals surface area (Å²) in [6.07, 6.45) is 0. The van der Waals surface area contributed by atoms with E-state index in [1.807, 2.05) is 0 Å². The van der Waals surface area contributed by atoms with Gasteiger partial charge < -0.3 is 0 Å². The third-order valence-electron chi connectivity index (χ3n) is 0. The number of hydrogen-bond acceptors (Lipinski definition) is 2. The van der Waals surface area contributed by atoms with E-state index in [9.17, 15) is 0 Å². The molecule has 6 heteroatoms. The number of hydrogen-bond donors (Lipinski definition) is 2. The topological polar surface area (TPSA) is 74.6 Å². The van der Waals surface area contributed by atoms with E-state index in [0.717, 1.165) is 0 Å². The molecule has 4 nitrogen and oxygen atoms in total. The molecule has 0 fully saturated rings. The molecule has 0 aliphatic heterocycles. The fourth-order valence-corrected chi connectivity index (χ4v) is 0. The van der Waals surface area contributed by atoms with Gasteiger partial charge in [-0.25, -0.2) is 0 Å². The van der Waals surface area contributed by atoms with Crippen molar-refractivity contribution in [2.75, 3.05) is 0 Å². The first-order valence-electron chi connectivity index (χ1n) is 0.698. The van der Waals surface area contributed by atoms with Crippen LogP contribution in [0.25, 0.3) is 0 Å². The monoisotopic (exact) mass is 173 g/mol. The molecule has 6 heavy (non-hydrogen) atoms. The van der Waals surface area contributed by atoms with Crippen molar-refractivity contribution in [1.29, 1.82) is 0 Å². The molecular weight excluding hydrogens is 171 g/mol. The van der Waals surface area contributed by atoms with Gasteiger partial charge >= 0.3 is 10.4 Å². The van der Waals surface area contributed by atoms with Crippen LogP contribution in [0.3, 0.4) is 0 Å². The van der Waals surface area contributed by atoms with E-state index in [2.05, 4.69) is 0 Å². The summed E-state index contributed by atoms with van der Waals surface area (Å²) < 4.78 is 31.6. The summed E-state index contributed by atoms with van der Waals surface area (Å²) in [7, 11) is -4.67. The summed E-state index contributed by atoms with van der Waals surface area (Å²) in [5.74, 6) is 0. The van der Waals surface area contributed by atoms with E-state index < -0.39 is 10.4 Å². The van der Waals surface area contributed by atoms with Gasteiger partial charge in [0.05, 0.1) is 0 Å². The Balaban J connectivity index is 0. The Kier molecular flexibility index (Phi) is 4.15. The van der Waals surface area contributed by atoms with Crippen molar-refractivity contribution in [1.82, 2.24) is 0 Å². The van der Waals surface area contributed by atoms with E-state index >= 15 is 0 Å². The van der Waals surface area contributed by atoms with Gasteiger partial charge in [0.25, 0.3) is 0 Å². The number of rotatable bonds is 0. The van der Waals surface area contributed by atoms with Crippen LogP contribution in [0.4, 0.5) is 0 Å². The van der Waals surface area contributed by atoms with Gasteiger partial charge in [-0.15, -0.1) is 0 Å². The Labute approximate surface area is 46.4 Å². The van der Waals surface area contributed by atoms with Crippen LogP contribution in [0.15, 0.2) is 0 Å². The Morgan fingerprint density at radius 1 is 1.17 bits per heavy atom. The summed E-state index contributed by atoms with van der Waals surface area (Å²) >= 11 is 0. The maximum absolute atomic E-state index is 8.74. The first-order chi connectivity index (χ1) is 2.00. The third-order valence-corrected chi connectivity index (χ3v) is 0. The van der Waals surface area contributed by atoms with Crippen molar-refractivity contribution in [2.24, 2.45) is 0 Å². The molecule has 0 aliphatic rings. The van der Waals surface area contributed by atoms with Crippen LogP contribution in [0.1, 0.15) is 0 Å². The summed E-state index contributed by atoms with van der Waals surface area (Å²) in [6, 6.07) is 0. The van der Waals surface area contributed by atoms with Crippen LogP contribution in [0, 0.1) is 0 Å².